The summed E-state index contributed by atoms with van der Waals surface area (Å²) in [7, 11) is 0. The second-order valence-electron chi connectivity index (χ2n) is 5.51. The van der Waals surface area contributed by atoms with Gasteiger partial charge >= 0.3 is 0 Å². The van der Waals surface area contributed by atoms with Crippen molar-refractivity contribution in [2.24, 2.45) is 0 Å². The van der Waals surface area contributed by atoms with Crippen molar-refractivity contribution in [1.82, 2.24) is 5.32 Å². The van der Waals surface area contributed by atoms with Gasteiger partial charge in [0.05, 0.1) is 12.3 Å². The maximum absolute atomic E-state index is 13.1. The second-order valence-corrected chi connectivity index (χ2v) is 6.53. The molecule has 0 saturated heterocycles. The molecule has 0 fully saturated rings. The van der Waals surface area contributed by atoms with Crippen LogP contribution < -0.4 is 10.6 Å². The van der Waals surface area contributed by atoms with Gasteiger partial charge in [0.25, 0.3) is 0 Å². The van der Waals surface area contributed by atoms with E-state index in [0.29, 0.717) is 0 Å². The van der Waals surface area contributed by atoms with Gasteiger partial charge in [-0.2, -0.15) is 0 Å². The summed E-state index contributed by atoms with van der Waals surface area (Å²) in [6.45, 7) is 3.73. The molecule has 2 N–H and O–H groups in total. The molecular weight excluding hydrogens is 346 g/mol. The van der Waals surface area contributed by atoms with Crippen molar-refractivity contribution in [2.45, 2.75) is 18.7 Å². The van der Waals surface area contributed by atoms with Crippen LogP contribution in [-0.2, 0) is 9.59 Å². The van der Waals surface area contributed by atoms with E-state index in [4.69, 9.17) is 0 Å². The van der Waals surface area contributed by atoms with Crippen LogP contribution in [0.25, 0.3) is 0 Å². The Bertz CT molecular complexity index is 797. The van der Waals surface area contributed by atoms with Crippen LogP contribution in [0.3, 0.4) is 0 Å². The zero-order valence-electron chi connectivity index (χ0n) is 13.9. The van der Waals surface area contributed by atoms with E-state index >= 15 is 0 Å². The lowest BCUT2D eigenvalue weighted by Gasteiger charge is -2.08. The molecule has 0 aromatic heterocycles. The van der Waals surface area contributed by atoms with Gasteiger partial charge in [-0.1, -0.05) is 17.7 Å². The van der Waals surface area contributed by atoms with Crippen LogP contribution in [0.1, 0.15) is 11.1 Å². The molecule has 0 aliphatic heterocycles. The van der Waals surface area contributed by atoms with Gasteiger partial charge in [-0.15, -0.1) is 11.8 Å². The fraction of sp³-hybridized carbons (Fsp3) is 0.222. The molecule has 4 nitrogen and oxygen atoms in total. The van der Waals surface area contributed by atoms with E-state index in [1.165, 1.54) is 17.8 Å². The molecule has 0 atom stereocenters. The topological polar surface area (TPSA) is 58.2 Å². The van der Waals surface area contributed by atoms with Crippen molar-refractivity contribution in [3.8, 4) is 0 Å². The Kier molecular flexibility index (Phi) is 6.52. The molecule has 2 amide bonds. The van der Waals surface area contributed by atoms with Crippen LogP contribution in [0.15, 0.2) is 41.3 Å². The quantitative estimate of drug-likeness (QED) is 0.772. The van der Waals surface area contributed by atoms with Gasteiger partial charge < -0.3 is 10.6 Å². The van der Waals surface area contributed by atoms with Gasteiger partial charge in [0.1, 0.15) is 0 Å². The van der Waals surface area contributed by atoms with E-state index in [9.17, 15) is 18.4 Å². The third-order valence-corrected chi connectivity index (χ3v) is 4.51. The number of carbonyl (C=O) groups is 2. The third kappa shape index (κ3) is 5.86. The predicted octanol–water partition coefficient (Wildman–Crippen LogP) is 3.43. The van der Waals surface area contributed by atoms with Gasteiger partial charge in [-0.3, -0.25) is 9.59 Å². The van der Waals surface area contributed by atoms with Crippen molar-refractivity contribution >= 4 is 29.3 Å². The summed E-state index contributed by atoms with van der Waals surface area (Å²) in [6.07, 6.45) is 0. The monoisotopic (exact) mass is 364 g/mol. The minimum absolute atomic E-state index is 0.128. The summed E-state index contributed by atoms with van der Waals surface area (Å²) < 4.78 is 25.9. The lowest BCUT2D eigenvalue weighted by atomic mass is 10.2. The number of carbonyl (C=O) groups excluding carboxylic acids is 2. The molecular formula is C18H18F2N2O2S. The third-order valence-electron chi connectivity index (χ3n) is 3.34. The van der Waals surface area contributed by atoms with Gasteiger partial charge in [-0.25, -0.2) is 8.78 Å². The lowest BCUT2D eigenvalue weighted by Crippen LogP contribution is -2.33. The Morgan fingerprint density at radius 1 is 1.00 bits per heavy atom. The summed E-state index contributed by atoms with van der Waals surface area (Å²) in [4.78, 5) is 24.6. The number of thioether (sulfide) groups is 1. The van der Waals surface area contributed by atoms with Crippen molar-refractivity contribution in [2.75, 3.05) is 17.6 Å². The molecule has 0 aliphatic carbocycles. The number of nitrogens with one attached hydrogen (secondary N) is 2. The first-order valence-electron chi connectivity index (χ1n) is 7.57. The molecule has 0 aliphatic rings. The van der Waals surface area contributed by atoms with E-state index in [0.717, 1.165) is 28.2 Å². The summed E-state index contributed by atoms with van der Waals surface area (Å²) in [5, 5.41) is 4.88. The van der Waals surface area contributed by atoms with Crippen LogP contribution in [-0.4, -0.2) is 24.1 Å². The highest BCUT2D eigenvalue weighted by Gasteiger charge is 2.09. The minimum Gasteiger partial charge on any atom is -0.346 e. The van der Waals surface area contributed by atoms with Crippen molar-refractivity contribution < 1.29 is 18.4 Å². The Morgan fingerprint density at radius 3 is 2.44 bits per heavy atom. The normalized spacial score (nSPS) is 10.4. The number of rotatable bonds is 6. The standard InChI is InChI=1S/C18H18F2N2O2S/c1-11-3-6-16(12(2)7-11)25-10-18(24)21-9-17(23)22-13-4-5-14(19)15(20)8-13/h3-8H,9-10H2,1-2H3,(H,21,24)(H,22,23). The smallest absolute Gasteiger partial charge is 0.243 e. The molecule has 0 bridgehead atoms. The first kappa shape index (κ1) is 18.9. The summed E-state index contributed by atoms with van der Waals surface area (Å²) in [5.41, 5.74) is 2.37. The highest BCUT2D eigenvalue weighted by molar-refractivity contribution is 8.00. The minimum atomic E-state index is -1.05. The maximum atomic E-state index is 13.1. The zero-order valence-corrected chi connectivity index (χ0v) is 14.7. The molecule has 25 heavy (non-hydrogen) atoms. The van der Waals surface area contributed by atoms with E-state index in [1.54, 1.807) is 0 Å². The molecule has 2 rings (SSSR count). The first-order chi connectivity index (χ1) is 11.8. The van der Waals surface area contributed by atoms with Gasteiger partial charge in [0.2, 0.25) is 11.8 Å². The highest BCUT2D eigenvalue weighted by atomic mass is 32.2. The molecule has 0 unspecified atom stereocenters. The second kappa shape index (κ2) is 8.62. The largest absolute Gasteiger partial charge is 0.346 e. The summed E-state index contributed by atoms with van der Waals surface area (Å²) >= 11 is 1.39. The lowest BCUT2D eigenvalue weighted by molar-refractivity contribution is -0.122. The molecule has 7 heteroatoms. The molecule has 0 heterocycles. The Labute approximate surface area is 149 Å². The number of aryl methyl sites for hydroxylation is 2. The average Bonchev–Trinajstić information content (AvgIpc) is 2.55. The Morgan fingerprint density at radius 2 is 1.76 bits per heavy atom. The van der Waals surface area contributed by atoms with Crippen LogP contribution >= 0.6 is 11.8 Å². The fourth-order valence-corrected chi connectivity index (χ4v) is 2.95. The van der Waals surface area contributed by atoms with Crippen molar-refractivity contribution in [3.05, 3.63) is 59.2 Å². The number of benzene rings is 2. The van der Waals surface area contributed by atoms with Crippen LogP contribution in [0.5, 0.6) is 0 Å². The number of hydrogen-bond acceptors (Lipinski definition) is 3. The zero-order chi connectivity index (χ0) is 18.4. The number of hydrogen-bond donors (Lipinski definition) is 2. The Hall–Kier alpha value is -2.41. The van der Waals surface area contributed by atoms with Crippen LogP contribution in [0.4, 0.5) is 14.5 Å². The maximum Gasteiger partial charge on any atom is 0.243 e. The SMILES string of the molecule is Cc1ccc(SCC(=O)NCC(=O)Nc2ccc(F)c(F)c2)c(C)c1. The molecule has 0 spiro atoms. The average molecular weight is 364 g/mol. The van der Waals surface area contributed by atoms with Gasteiger partial charge in [0.15, 0.2) is 11.6 Å². The van der Waals surface area contributed by atoms with E-state index in [-0.39, 0.29) is 23.9 Å². The summed E-state index contributed by atoms with van der Waals surface area (Å²) in [6, 6.07) is 9.01. The van der Waals surface area contributed by atoms with E-state index < -0.39 is 17.5 Å². The molecule has 2 aromatic rings. The van der Waals surface area contributed by atoms with Crippen molar-refractivity contribution in [1.29, 1.82) is 0 Å². The summed E-state index contributed by atoms with van der Waals surface area (Å²) in [5.74, 6) is -2.66. The number of amides is 2. The predicted molar refractivity (Wildman–Crippen MR) is 94.6 cm³/mol. The van der Waals surface area contributed by atoms with E-state index in [1.807, 2.05) is 32.0 Å². The van der Waals surface area contributed by atoms with E-state index in [2.05, 4.69) is 10.6 Å². The van der Waals surface area contributed by atoms with Crippen LogP contribution in [0.2, 0.25) is 0 Å². The van der Waals surface area contributed by atoms with Gasteiger partial charge in [0, 0.05) is 16.6 Å². The molecule has 132 valence electrons. The Balaban J connectivity index is 1.77. The number of halogens is 2. The molecule has 0 saturated carbocycles. The highest BCUT2D eigenvalue weighted by Crippen LogP contribution is 2.22. The molecule has 0 radical (unpaired) electrons. The van der Waals surface area contributed by atoms with Crippen molar-refractivity contribution in [3.63, 3.8) is 0 Å². The van der Waals surface area contributed by atoms with Gasteiger partial charge in [-0.05, 0) is 37.6 Å². The number of anilines is 1. The molecule has 2 aromatic carbocycles. The fourth-order valence-electron chi connectivity index (χ4n) is 2.11. The first-order valence-corrected chi connectivity index (χ1v) is 8.55. The van der Waals surface area contributed by atoms with Crippen LogP contribution in [0, 0.1) is 25.5 Å².